The average Bonchev–Trinajstić information content (AvgIpc) is 3.29. The first-order chi connectivity index (χ1) is 15.3. The largest absolute Gasteiger partial charge is 0.332 e. The van der Waals surface area contributed by atoms with Gasteiger partial charge in [-0.05, 0) is 47.2 Å². The van der Waals surface area contributed by atoms with Crippen LogP contribution in [0.4, 0.5) is 4.79 Å². The van der Waals surface area contributed by atoms with Gasteiger partial charge in [0.1, 0.15) is 5.41 Å². The molecule has 2 fully saturated rings. The van der Waals surface area contributed by atoms with Gasteiger partial charge in [0.2, 0.25) is 11.8 Å². The Labute approximate surface area is 190 Å². The minimum absolute atomic E-state index is 0.0268. The monoisotopic (exact) mass is 454 g/mol. The summed E-state index contributed by atoms with van der Waals surface area (Å²) in [4.78, 5) is 56.1. The third kappa shape index (κ3) is 3.22. The molecule has 0 unspecified atom stereocenters. The number of carbonyl (C=O) groups excluding carboxylic acids is 3. The Morgan fingerprint density at radius 2 is 1.75 bits per heavy atom. The van der Waals surface area contributed by atoms with E-state index in [1.165, 1.54) is 25.4 Å². The van der Waals surface area contributed by atoms with E-state index in [4.69, 9.17) is 0 Å². The van der Waals surface area contributed by atoms with Gasteiger partial charge in [-0.3, -0.25) is 24.2 Å². The predicted molar refractivity (Wildman–Crippen MR) is 119 cm³/mol. The summed E-state index contributed by atoms with van der Waals surface area (Å²) in [5, 5.41) is 3.88. The van der Waals surface area contributed by atoms with Crippen molar-refractivity contribution in [1.29, 1.82) is 0 Å². The maximum absolute atomic E-state index is 13.5. The lowest BCUT2D eigenvalue weighted by atomic mass is 9.75. The van der Waals surface area contributed by atoms with Crippen LogP contribution in [0.5, 0.6) is 0 Å². The molecular weight excluding hydrogens is 428 g/mol. The number of carbonyl (C=O) groups is 3. The molecule has 2 bridgehead atoms. The highest BCUT2D eigenvalue weighted by molar-refractivity contribution is 7.07. The maximum atomic E-state index is 13.5. The molecule has 0 aliphatic carbocycles. The minimum atomic E-state index is -1.35. The normalized spacial score (nSPS) is 25.2. The van der Waals surface area contributed by atoms with Gasteiger partial charge >= 0.3 is 6.03 Å². The Morgan fingerprint density at radius 3 is 2.44 bits per heavy atom. The molecule has 2 saturated heterocycles. The molecular formula is C23H26N4O4S. The highest BCUT2D eigenvalue weighted by Crippen LogP contribution is 2.39. The Kier molecular flexibility index (Phi) is 5.05. The van der Waals surface area contributed by atoms with Gasteiger partial charge in [-0.25, -0.2) is 4.79 Å². The second-order valence-corrected chi connectivity index (χ2v) is 10.1. The van der Waals surface area contributed by atoms with Crippen molar-refractivity contribution in [1.82, 2.24) is 19.3 Å². The fraction of sp³-hybridized carbons (Fsp3) is 0.478. The van der Waals surface area contributed by atoms with Gasteiger partial charge in [-0.2, -0.15) is 11.3 Å². The van der Waals surface area contributed by atoms with E-state index in [0.29, 0.717) is 19.6 Å². The Bertz CT molecular complexity index is 1120. The van der Waals surface area contributed by atoms with Gasteiger partial charge in [0.05, 0.1) is 0 Å². The molecule has 3 aliphatic heterocycles. The summed E-state index contributed by atoms with van der Waals surface area (Å²) < 4.78 is 1.87. The van der Waals surface area contributed by atoms with Crippen molar-refractivity contribution in [2.45, 2.75) is 25.3 Å². The summed E-state index contributed by atoms with van der Waals surface area (Å²) in [7, 11) is 2.90. The molecule has 2 atom stereocenters. The lowest BCUT2D eigenvalue weighted by molar-refractivity contribution is -0.159. The van der Waals surface area contributed by atoms with Crippen molar-refractivity contribution in [2.75, 3.05) is 33.7 Å². The molecule has 5 heterocycles. The summed E-state index contributed by atoms with van der Waals surface area (Å²) in [5.74, 6) is -0.417. The Balaban J connectivity index is 1.49. The van der Waals surface area contributed by atoms with E-state index in [1.54, 1.807) is 12.1 Å². The highest BCUT2D eigenvalue weighted by atomic mass is 32.1. The number of rotatable bonds is 4. The Morgan fingerprint density at radius 1 is 1.00 bits per heavy atom. The number of thiophene rings is 1. The number of imide groups is 2. The van der Waals surface area contributed by atoms with Crippen LogP contribution in [-0.4, -0.2) is 70.8 Å². The number of urea groups is 1. The first-order valence-electron chi connectivity index (χ1n) is 10.8. The van der Waals surface area contributed by atoms with Crippen molar-refractivity contribution in [3.63, 3.8) is 0 Å². The number of fused-ring (bicyclic) bond motifs is 4. The van der Waals surface area contributed by atoms with Crippen molar-refractivity contribution < 1.29 is 14.4 Å². The van der Waals surface area contributed by atoms with Crippen molar-refractivity contribution in [3.05, 3.63) is 56.6 Å². The predicted octanol–water partition coefficient (Wildman–Crippen LogP) is 1.61. The van der Waals surface area contributed by atoms with E-state index in [9.17, 15) is 19.2 Å². The lowest BCUT2D eigenvalue weighted by Gasteiger charge is -2.48. The second-order valence-electron chi connectivity index (χ2n) is 9.29. The molecule has 0 N–H and O–H groups in total. The number of barbiturate groups is 1. The van der Waals surface area contributed by atoms with Crippen molar-refractivity contribution in [2.24, 2.45) is 11.3 Å². The smallest absolute Gasteiger partial charge is 0.312 e. The van der Waals surface area contributed by atoms with E-state index in [2.05, 4.69) is 4.90 Å². The van der Waals surface area contributed by atoms with Crippen LogP contribution in [0.2, 0.25) is 0 Å². The van der Waals surface area contributed by atoms with Crippen LogP contribution in [0.1, 0.15) is 23.6 Å². The van der Waals surface area contributed by atoms with E-state index in [0.717, 1.165) is 27.5 Å². The van der Waals surface area contributed by atoms with Gasteiger partial charge in [0.15, 0.2) is 0 Å². The van der Waals surface area contributed by atoms with Crippen LogP contribution in [-0.2, 0) is 22.6 Å². The number of likely N-dealkylation sites (tertiary alicyclic amines) is 1. The molecule has 0 radical (unpaired) electrons. The van der Waals surface area contributed by atoms with Crippen LogP contribution in [0, 0.1) is 11.3 Å². The average molecular weight is 455 g/mol. The first kappa shape index (κ1) is 21.1. The molecule has 0 spiro atoms. The van der Waals surface area contributed by atoms with E-state index >= 15 is 0 Å². The maximum Gasteiger partial charge on any atom is 0.332 e. The third-order valence-corrected chi connectivity index (χ3v) is 7.87. The number of nitrogens with zero attached hydrogens (tertiary/aromatic N) is 4. The molecule has 32 heavy (non-hydrogen) atoms. The fourth-order valence-corrected chi connectivity index (χ4v) is 6.39. The number of hydrogen-bond donors (Lipinski definition) is 0. The van der Waals surface area contributed by atoms with Crippen LogP contribution >= 0.6 is 11.3 Å². The molecule has 5 rings (SSSR count). The fourth-order valence-electron chi connectivity index (χ4n) is 5.72. The second kappa shape index (κ2) is 7.67. The summed E-state index contributed by atoms with van der Waals surface area (Å²) in [6.07, 6.45) is 1.26. The van der Waals surface area contributed by atoms with Gasteiger partial charge in [0, 0.05) is 58.0 Å². The summed E-state index contributed by atoms with van der Waals surface area (Å²) in [5.41, 5.74) is 0.623. The summed E-state index contributed by atoms with van der Waals surface area (Å²) in [6.45, 7) is 2.30. The number of hydrogen-bond acceptors (Lipinski definition) is 6. The van der Waals surface area contributed by atoms with Crippen LogP contribution in [0.15, 0.2) is 39.8 Å². The van der Waals surface area contributed by atoms with E-state index < -0.39 is 23.3 Å². The number of pyridine rings is 1. The van der Waals surface area contributed by atoms with Gasteiger partial charge in [-0.15, -0.1) is 0 Å². The molecule has 9 heteroatoms. The molecule has 2 aromatic rings. The lowest BCUT2D eigenvalue weighted by Crippen LogP contribution is -2.67. The quantitative estimate of drug-likeness (QED) is 0.656. The number of piperidine rings is 1. The van der Waals surface area contributed by atoms with Crippen LogP contribution < -0.4 is 5.56 Å². The van der Waals surface area contributed by atoms with Crippen molar-refractivity contribution in [3.8, 4) is 0 Å². The molecule has 0 saturated carbocycles. The minimum Gasteiger partial charge on any atom is -0.312 e. The molecule has 4 amide bonds. The molecule has 0 aromatic carbocycles. The van der Waals surface area contributed by atoms with Crippen LogP contribution in [0.3, 0.4) is 0 Å². The third-order valence-electron chi connectivity index (χ3n) is 7.14. The molecule has 8 nitrogen and oxygen atoms in total. The van der Waals surface area contributed by atoms with E-state index in [-0.39, 0.29) is 30.4 Å². The van der Waals surface area contributed by atoms with Gasteiger partial charge in [-0.1, -0.05) is 6.07 Å². The number of amides is 4. The zero-order chi connectivity index (χ0) is 22.6. The van der Waals surface area contributed by atoms with Crippen LogP contribution in [0.25, 0.3) is 0 Å². The first-order valence-corrected chi connectivity index (χ1v) is 11.8. The SMILES string of the molecule is CN1C(=O)N(C)C(=O)C(Cc2ccsc2)(CN2C[C@H]3C[C@H](C2)c2cccc(=O)n2C3)C1=O. The summed E-state index contributed by atoms with van der Waals surface area (Å²) in [6, 6.07) is 6.74. The molecule has 2 aromatic heterocycles. The standard InChI is InChI=1S/C23H26N4O4S/c1-24-20(29)23(9-15-6-7-32-13-15,21(30)25(2)22(24)31)14-26-10-16-8-17(12-26)18-4-3-5-19(28)27(18)11-16/h3-7,13,16-17H,8-12,14H2,1-2H3/t16-,17-/m1/s1. The van der Waals surface area contributed by atoms with E-state index in [1.807, 2.05) is 27.5 Å². The number of aromatic nitrogens is 1. The molecule has 168 valence electrons. The van der Waals surface area contributed by atoms with Gasteiger partial charge in [0.25, 0.3) is 5.56 Å². The topological polar surface area (TPSA) is 82.9 Å². The summed E-state index contributed by atoms with van der Waals surface area (Å²) >= 11 is 1.52. The highest BCUT2D eigenvalue weighted by Gasteiger charge is 2.56. The zero-order valence-corrected chi connectivity index (χ0v) is 19.0. The van der Waals surface area contributed by atoms with Gasteiger partial charge < -0.3 is 9.47 Å². The van der Waals surface area contributed by atoms with Crippen molar-refractivity contribution >= 4 is 29.2 Å². The molecule has 3 aliphatic rings. The zero-order valence-electron chi connectivity index (χ0n) is 18.2. The Hall–Kier alpha value is -2.78.